The molecule has 0 aliphatic heterocycles. The molecule has 19 heavy (non-hydrogen) atoms. The van der Waals surface area contributed by atoms with Crippen molar-refractivity contribution >= 4 is 12.1 Å². The summed E-state index contributed by atoms with van der Waals surface area (Å²) in [4.78, 5) is 23.4. The second-order valence-corrected chi connectivity index (χ2v) is 4.28. The first-order valence-electron chi connectivity index (χ1n) is 7.10. The molecule has 0 spiro atoms. The van der Waals surface area contributed by atoms with Gasteiger partial charge in [-0.1, -0.05) is 26.7 Å². The van der Waals surface area contributed by atoms with Crippen LogP contribution in [0.5, 0.6) is 0 Å². The summed E-state index contributed by atoms with van der Waals surface area (Å²) in [7, 11) is 0. The van der Waals surface area contributed by atoms with E-state index in [1.807, 2.05) is 13.8 Å². The van der Waals surface area contributed by atoms with Crippen LogP contribution in [0, 0.1) is 5.92 Å². The van der Waals surface area contributed by atoms with E-state index >= 15 is 0 Å². The first-order chi connectivity index (χ1) is 9.10. The van der Waals surface area contributed by atoms with Gasteiger partial charge in [0.15, 0.2) is 0 Å². The lowest BCUT2D eigenvalue weighted by molar-refractivity contribution is -0.153. The fourth-order valence-corrected chi connectivity index (χ4v) is 1.92. The van der Waals surface area contributed by atoms with Crippen molar-refractivity contribution in [3.8, 4) is 0 Å². The maximum absolute atomic E-state index is 11.9. The average molecular weight is 274 g/mol. The Kier molecular flexibility index (Phi) is 9.94. The van der Waals surface area contributed by atoms with Crippen molar-refractivity contribution in [3.05, 3.63) is 0 Å². The highest BCUT2D eigenvalue weighted by atomic mass is 16.7. The van der Waals surface area contributed by atoms with Crippen LogP contribution in [0.25, 0.3) is 0 Å². The maximum Gasteiger partial charge on any atom is 0.508 e. The molecule has 0 aromatic rings. The number of rotatable bonds is 9. The van der Waals surface area contributed by atoms with Gasteiger partial charge in [0.25, 0.3) is 0 Å². The van der Waals surface area contributed by atoms with Crippen LogP contribution in [-0.4, -0.2) is 31.4 Å². The largest absolute Gasteiger partial charge is 0.508 e. The summed E-state index contributed by atoms with van der Waals surface area (Å²) in [6.07, 6.45) is 1.74. The average Bonchev–Trinajstić information content (AvgIpc) is 2.36. The molecular formula is C14H26O5. The highest BCUT2D eigenvalue weighted by Gasteiger charge is 2.31. The van der Waals surface area contributed by atoms with Crippen LogP contribution in [0.2, 0.25) is 0 Å². The Labute approximate surface area is 115 Å². The van der Waals surface area contributed by atoms with Crippen LogP contribution in [0.4, 0.5) is 4.79 Å². The number of carbonyl (C=O) groups excluding carboxylic acids is 2. The normalized spacial score (nSPS) is 13.5. The fourth-order valence-electron chi connectivity index (χ4n) is 1.92. The molecule has 0 aliphatic carbocycles. The quantitative estimate of drug-likeness (QED) is 0.604. The zero-order valence-electron chi connectivity index (χ0n) is 12.4. The molecule has 2 unspecified atom stereocenters. The maximum atomic E-state index is 11.9. The van der Waals surface area contributed by atoms with Crippen molar-refractivity contribution in [2.75, 3.05) is 13.2 Å². The van der Waals surface area contributed by atoms with Gasteiger partial charge in [0.1, 0.15) is 6.10 Å². The van der Waals surface area contributed by atoms with Gasteiger partial charge in [-0.3, -0.25) is 4.79 Å². The van der Waals surface area contributed by atoms with Gasteiger partial charge in [-0.2, -0.15) is 0 Å². The Bertz CT molecular complexity index is 265. The van der Waals surface area contributed by atoms with Crippen LogP contribution >= 0.6 is 0 Å². The van der Waals surface area contributed by atoms with Gasteiger partial charge in [0.2, 0.25) is 0 Å². The van der Waals surface area contributed by atoms with Crippen LogP contribution < -0.4 is 0 Å². The van der Waals surface area contributed by atoms with E-state index in [0.717, 1.165) is 12.8 Å². The third-order valence-electron chi connectivity index (χ3n) is 2.72. The predicted octanol–water partition coefficient (Wildman–Crippen LogP) is 3.31. The summed E-state index contributed by atoms with van der Waals surface area (Å²) >= 11 is 0. The molecule has 0 saturated heterocycles. The third kappa shape index (κ3) is 7.03. The van der Waals surface area contributed by atoms with E-state index in [-0.39, 0.29) is 12.6 Å². The Morgan fingerprint density at radius 1 is 0.895 bits per heavy atom. The van der Waals surface area contributed by atoms with Crippen molar-refractivity contribution in [2.45, 2.75) is 59.5 Å². The van der Waals surface area contributed by atoms with Gasteiger partial charge in [0.05, 0.1) is 19.1 Å². The Hall–Kier alpha value is -1.26. The summed E-state index contributed by atoms with van der Waals surface area (Å²) in [5.41, 5.74) is 0. The molecule has 0 saturated carbocycles. The molecule has 0 aromatic carbocycles. The molecule has 0 bridgehead atoms. The molecule has 0 aromatic heterocycles. The fraction of sp³-hybridized carbons (Fsp3) is 0.857. The van der Waals surface area contributed by atoms with Gasteiger partial charge in [-0.05, 0) is 26.7 Å². The van der Waals surface area contributed by atoms with Crippen molar-refractivity contribution < 1.29 is 23.8 Å². The number of hydrogen-bond donors (Lipinski definition) is 0. The van der Waals surface area contributed by atoms with E-state index in [1.54, 1.807) is 13.8 Å². The van der Waals surface area contributed by atoms with Gasteiger partial charge < -0.3 is 14.2 Å². The smallest absolute Gasteiger partial charge is 0.466 e. The molecular weight excluding hydrogens is 248 g/mol. The van der Waals surface area contributed by atoms with Crippen LogP contribution in [-0.2, 0) is 19.0 Å². The van der Waals surface area contributed by atoms with Crippen LogP contribution in [0.3, 0.4) is 0 Å². The van der Waals surface area contributed by atoms with Crippen molar-refractivity contribution in [2.24, 2.45) is 5.92 Å². The van der Waals surface area contributed by atoms with Crippen LogP contribution in [0.1, 0.15) is 53.4 Å². The number of carbonyl (C=O) groups is 2. The minimum atomic E-state index is -0.716. The monoisotopic (exact) mass is 274 g/mol. The summed E-state index contributed by atoms with van der Waals surface area (Å²) in [5.74, 6) is -0.707. The second kappa shape index (κ2) is 10.6. The Morgan fingerprint density at radius 2 is 1.47 bits per heavy atom. The van der Waals surface area contributed by atoms with E-state index in [4.69, 9.17) is 14.2 Å². The van der Waals surface area contributed by atoms with Crippen molar-refractivity contribution in [1.82, 2.24) is 0 Å². The van der Waals surface area contributed by atoms with Gasteiger partial charge in [0, 0.05) is 0 Å². The summed E-state index contributed by atoms with van der Waals surface area (Å²) in [5, 5.41) is 0. The van der Waals surface area contributed by atoms with E-state index in [0.29, 0.717) is 19.4 Å². The van der Waals surface area contributed by atoms with Crippen molar-refractivity contribution in [3.63, 3.8) is 0 Å². The number of hydrogen-bond acceptors (Lipinski definition) is 5. The summed E-state index contributed by atoms with van der Waals surface area (Å²) in [6.45, 7) is 8.04. The van der Waals surface area contributed by atoms with Gasteiger partial charge in [-0.15, -0.1) is 0 Å². The number of ether oxygens (including phenoxy) is 3. The molecule has 5 nitrogen and oxygen atoms in total. The minimum Gasteiger partial charge on any atom is -0.466 e. The second-order valence-electron chi connectivity index (χ2n) is 4.28. The van der Waals surface area contributed by atoms with Crippen molar-refractivity contribution in [1.29, 1.82) is 0 Å². The molecule has 0 radical (unpaired) electrons. The highest BCUT2D eigenvalue weighted by Crippen LogP contribution is 2.21. The molecule has 5 heteroatoms. The van der Waals surface area contributed by atoms with E-state index in [1.165, 1.54) is 0 Å². The van der Waals surface area contributed by atoms with Crippen LogP contribution in [0.15, 0.2) is 0 Å². The summed E-state index contributed by atoms with van der Waals surface area (Å²) < 4.78 is 15.1. The minimum absolute atomic E-state index is 0.259. The topological polar surface area (TPSA) is 61.8 Å². The summed E-state index contributed by atoms with van der Waals surface area (Å²) in [6, 6.07) is 0. The van der Waals surface area contributed by atoms with Gasteiger partial charge in [-0.25, -0.2) is 4.79 Å². The van der Waals surface area contributed by atoms with E-state index < -0.39 is 18.2 Å². The van der Waals surface area contributed by atoms with Gasteiger partial charge >= 0.3 is 12.1 Å². The first-order valence-corrected chi connectivity index (χ1v) is 7.10. The molecule has 2 atom stereocenters. The SMILES string of the molecule is CCCC(OC(=O)OCC)C(CCC)C(=O)OCC. The lowest BCUT2D eigenvalue weighted by atomic mass is 9.94. The molecule has 112 valence electrons. The Morgan fingerprint density at radius 3 is 1.95 bits per heavy atom. The van der Waals surface area contributed by atoms with E-state index in [2.05, 4.69) is 0 Å². The first kappa shape index (κ1) is 17.7. The Balaban J connectivity index is 4.73. The standard InChI is InChI=1S/C14H26O5/c1-5-9-11(13(15)17-7-3)12(10-6-2)19-14(16)18-8-4/h11-12H,5-10H2,1-4H3. The molecule has 0 rings (SSSR count). The molecule has 0 fully saturated rings. The zero-order valence-corrected chi connectivity index (χ0v) is 12.4. The lowest BCUT2D eigenvalue weighted by Crippen LogP contribution is -2.34. The molecule has 0 amide bonds. The molecule has 0 N–H and O–H groups in total. The number of esters is 1. The lowest BCUT2D eigenvalue weighted by Gasteiger charge is -2.24. The predicted molar refractivity (Wildman–Crippen MR) is 71.8 cm³/mol. The molecule has 0 aliphatic rings. The highest BCUT2D eigenvalue weighted by molar-refractivity contribution is 5.73. The zero-order chi connectivity index (χ0) is 14.7. The van der Waals surface area contributed by atoms with E-state index in [9.17, 15) is 9.59 Å². The molecule has 0 heterocycles. The third-order valence-corrected chi connectivity index (χ3v) is 2.72.